The number of nitrogens with zero attached hydrogens (tertiary/aromatic N) is 2. The van der Waals surface area contributed by atoms with Crippen molar-refractivity contribution in [3.05, 3.63) is 70.6 Å². The number of hydrogen-bond donors (Lipinski definition) is 0. The highest BCUT2D eigenvalue weighted by atomic mass is 35.5. The number of ether oxygens (including phenoxy) is 1. The molecule has 0 saturated heterocycles. The molecule has 0 N–H and O–H groups in total. The molecule has 1 aromatic heterocycles. The third-order valence-electron chi connectivity index (χ3n) is 3.61. The van der Waals surface area contributed by atoms with E-state index in [1.54, 1.807) is 24.3 Å². The fraction of sp³-hybridized carbons (Fsp3) is 0.211. The van der Waals surface area contributed by atoms with Gasteiger partial charge >= 0.3 is 0 Å². The maximum absolute atomic E-state index is 12.5. The smallest absolute Gasteiger partial charge is 0.277 e. The number of halogens is 1. The highest BCUT2D eigenvalue weighted by Gasteiger charge is 2.19. The maximum atomic E-state index is 12.5. The lowest BCUT2D eigenvalue weighted by Gasteiger charge is -2.07. The molecule has 26 heavy (non-hydrogen) atoms. The van der Waals surface area contributed by atoms with Gasteiger partial charge < -0.3 is 9.15 Å². The Bertz CT molecular complexity index is 879. The van der Waals surface area contributed by atoms with Crippen LogP contribution in [0.2, 0.25) is 5.02 Å². The zero-order valence-corrected chi connectivity index (χ0v) is 15.9. The first-order chi connectivity index (χ1) is 12.5. The average molecular weight is 389 g/mol. The molecule has 7 heteroatoms. The molecule has 3 rings (SSSR count). The summed E-state index contributed by atoms with van der Waals surface area (Å²) in [6.07, 6.45) is 0. The summed E-state index contributed by atoms with van der Waals surface area (Å²) in [5.41, 5.74) is 1.78. The molecular formula is C19H17ClN2O3S. The molecule has 134 valence electrons. The van der Waals surface area contributed by atoms with Crippen LogP contribution >= 0.6 is 23.4 Å². The quantitative estimate of drug-likeness (QED) is 0.420. The fourth-order valence-electron chi connectivity index (χ4n) is 2.18. The molecule has 0 aliphatic carbocycles. The van der Waals surface area contributed by atoms with Crippen LogP contribution in [0, 0.1) is 6.92 Å². The Morgan fingerprint density at radius 3 is 2.54 bits per heavy atom. The summed E-state index contributed by atoms with van der Waals surface area (Å²) < 4.78 is 11.1. The number of carbonyl (C=O) groups is 1. The Kier molecular flexibility index (Phi) is 5.96. The average Bonchev–Trinajstić information content (AvgIpc) is 3.08. The van der Waals surface area contributed by atoms with Crippen molar-refractivity contribution < 1.29 is 13.9 Å². The molecule has 2 aromatic carbocycles. The van der Waals surface area contributed by atoms with Crippen molar-refractivity contribution in [2.75, 3.05) is 0 Å². The molecule has 5 nitrogen and oxygen atoms in total. The summed E-state index contributed by atoms with van der Waals surface area (Å²) in [7, 11) is 0. The highest BCUT2D eigenvalue weighted by molar-refractivity contribution is 8.00. The zero-order valence-electron chi connectivity index (χ0n) is 14.3. The summed E-state index contributed by atoms with van der Waals surface area (Å²) in [5, 5.41) is 8.56. The third-order valence-corrected chi connectivity index (χ3v) is 4.79. The first-order valence-electron chi connectivity index (χ1n) is 7.99. The van der Waals surface area contributed by atoms with Gasteiger partial charge in [0.05, 0.1) is 5.25 Å². The maximum Gasteiger partial charge on any atom is 0.277 e. The summed E-state index contributed by atoms with van der Waals surface area (Å²) in [6, 6.07) is 14.5. The van der Waals surface area contributed by atoms with Crippen LogP contribution < -0.4 is 4.74 Å². The Morgan fingerprint density at radius 2 is 1.85 bits per heavy atom. The second-order valence-corrected chi connectivity index (χ2v) is 7.42. The van der Waals surface area contributed by atoms with Gasteiger partial charge in [0.15, 0.2) is 12.4 Å². The van der Waals surface area contributed by atoms with E-state index in [0.29, 0.717) is 27.4 Å². The molecule has 1 atom stereocenters. The number of benzene rings is 2. The first kappa shape index (κ1) is 18.5. The number of thioether (sulfide) groups is 1. The molecular weight excluding hydrogens is 372 g/mol. The summed E-state index contributed by atoms with van der Waals surface area (Å²) in [4.78, 5) is 12.5. The van der Waals surface area contributed by atoms with Crippen molar-refractivity contribution in [1.82, 2.24) is 10.2 Å². The van der Waals surface area contributed by atoms with Crippen LogP contribution in [0.15, 0.2) is 58.2 Å². The first-order valence-corrected chi connectivity index (χ1v) is 9.25. The lowest BCUT2D eigenvalue weighted by atomic mass is 10.1. The van der Waals surface area contributed by atoms with E-state index in [2.05, 4.69) is 10.2 Å². The van der Waals surface area contributed by atoms with Gasteiger partial charge in [-0.15, -0.1) is 10.2 Å². The summed E-state index contributed by atoms with van der Waals surface area (Å²) >= 11 is 7.06. The molecule has 3 aromatic rings. The van der Waals surface area contributed by atoms with Crippen molar-refractivity contribution in [1.29, 1.82) is 0 Å². The molecule has 1 heterocycles. The molecule has 0 spiro atoms. The lowest BCUT2D eigenvalue weighted by Crippen LogP contribution is -2.13. The molecule has 0 amide bonds. The normalized spacial score (nSPS) is 12.0. The standard InChI is InChI=1S/C19H17ClN2O3S/c1-12-3-5-14(6-4-12)18(23)13(2)26-19-22-21-17(25-19)11-24-16-9-7-15(20)8-10-16/h3-10,13H,11H2,1-2H3. The largest absolute Gasteiger partial charge is 0.484 e. The molecule has 0 aliphatic rings. The number of aromatic nitrogens is 2. The van der Waals surface area contributed by atoms with Gasteiger partial charge in [0.1, 0.15) is 5.75 Å². The second kappa shape index (κ2) is 8.38. The topological polar surface area (TPSA) is 65.2 Å². The minimum Gasteiger partial charge on any atom is -0.484 e. The molecule has 0 aliphatic heterocycles. The third kappa shape index (κ3) is 4.86. The zero-order chi connectivity index (χ0) is 18.5. The van der Waals surface area contributed by atoms with Gasteiger partial charge in [0.2, 0.25) is 0 Å². The number of Topliss-reactive ketones (excluding diaryl/α,β-unsaturated/α-hetero) is 1. The van der Waals surface area contributed by atoms with Crippen LogP contribution in [0.1, 0.15) is 28.7 Å². The van der Waals surface area contributed by atoms with Crippen molar-refractivity contribution in [2.24, 2.45) is 0 Å². The minimum absolute atomic E-state index is 0.0205. The van der Waals surface area contributed by atoms with Crippen molar-refractivity contribution in [2.45, 2.75) is 30.9 Å². The van der Waals surface area contributed by atoms with Crippen LogP contribution in [0.25, 0.3) is 0 Å². The number of aryl methyl sites for hydroxylation is 1. The van der Waals surface area contributed by atoms with E-state index in [9.17, 15) is 4.79 Å². The number of hydrogen-bond acceptors (Lipinski definition) is 6. The van der Waals surface area contributed by atoms with E-state index >= 15 is 0 Å². The highest BCUT2D eigenvalue weighted by Crippen LogP contribution is 2.25. The lowest BCUT2D eigenvalue weighted by molar-refractivity contribution is 0.0993. The minimum atomic E-state index is -0.330. The van der Waals surface area contributed by atoms with Gasteiger partial charge in [-0.3, -0.25) is 4.79 Å². The van der Waals surface area contributed by atoms with Crippen LogP contribution in [0.3, 0.4) is 0 Å². The van der Waals surface area contributed by atoms with Crippen molar-refractivity contribution in [3.63, 3.8) is 0 Å². The van der Waals surface area contributed by atoms with E-state index < -0.39 is 0 Å². The predicted molar refractivity (Wildman–Crippen MR) is 101 cm³/mol. The molecule has 0 saturated carbocycles. The van der Waals surface area contributed by atoms with Gasteiger partial charge in [0, 0.05) is 10.6 Å². The number of rotatable bonds is 7. The summed E-state index contributed by atoms with van der Waals surface area (Å²) in [5.74, 6) is 1.02. The Hall–Kier alpha value is -2.31. The van der Waals surface area contributed by atoms with Crippen LogP contribution in [0.5, 0.6) is 5.75 Å². The van der Waals surface area contributed by atoms with E-state index in [-0.39, 0.29) is 17.6 Å². The molecule has 0 bridgehead atoms. The van der Waals surface area contributed by atoms with E-state index in [0.717, 1.165) is 5.56 Å². The van der Waals surface area contributed by atoms with Crippen LogP contribution in [-0.2, 0) is 6.61 Å². The van der Waals surface area contributed by atoms with Gasteiger partial charge in [0.25, 0.3) is 11.1 Å². The van der Waals surface area contributed by atoms with Gasteiger partial charge in [-0.2, -0.15) is 0 Å². The van der Waals surface area contributed by atoms with Crippen LogP contribution in [0.4, 0.5) is 0 Å². The van der Waals surface area contributed by atoms with Crippen molar-refractivity contribution >= 4 is 29.1 Å². The fourth-order valence-corrected chi connectivity index (χ4v) is 3.08. The predicted octanol–water partition coefficient (Wildman–Crippen LogP) is 4.97. The molecule has 0 fully saturated rings. The number of carbonyl (C=O) groups excluding carboxylic acids is 1. The van der Waals surface area contributed by atoms with Crippen LogP contribution in [-0.4, -0.2) is 21.2 Å². The van der Waals surface area contributed by atoms with E-state index in [1.807, 2.05) is 38.1 Å². The Balaban J connectivity index is 1.56. The number of ketones is 1. The monoisotopic (exact) mass is 388 g/mol. The van der Waals surface area contributed by atoms with Crippen molar-refractivity contribution in [3.8, 4) is 5.75 Å². The van der Waals surface area contributed by atoms with Gasteiger partial charge in [-0.25, -0.2) is 0 Å². The molecule has 0 radical (unpaired) electrons. The van der Waals surface area contributed by atoms with Gasteiger partial charge in [-0.05, 0) is 38.1 Å². The molecule has 1 unspecified atom stereocenters. The Labute approximate surface area is 160 Å². The van der Waals surface area contributed by atoms with E-state index in [1.165, 1.54) is 11.8 Å². The van der Waals surface area contributed by atoms with Gasteiger partial charge in [-0.1, -0.05) is 53.2 Å². The van der Waals surface area contributed by atoms with E-state index in [4.69, 9.17) is 20.8 Å². The SMILES string of the molecule is Cc1ccc(C(=O)C(C)Sc2nnc(COc3ccc(Cl)cc3)o2)cc1. The Morgan fingerprint density at radius 1 is 1.15 bits per heavy atom. The second-order valence-electron chi connectivity index (χ2n) is 5.69. The summed E-state index contributed by atoms with van der Waals surface area (Å²) in [6.45, 7) is 3.95.